The molecule has 2 aromatic carbocycles. The third kappa shape index (κ3) is 3.02. The summed E-state index contributed by atoms with van der Waals surface area (Å²) in [5, 5.41) is 11.3. The predicted octanol–water partition coefficient (Wildman–Crippen LogP) is 2.59. The normalized spacial score (nSPS) is 11.2. The van der Waals surface area contributed by atoms with Crippen LogP contribution < -0.4 is 11.0 Å². The second kappa shape index (κ2) is 6.96. The molecule has 0 unspecified atom stereocenters. The van der Waals surface area contributed by atoms with Crippen LogP contribution in [0.3, 0.4) is 0 Å². The zero-order valence-corrected chi connectivity index (χ0v) is 15.6. The molecule has 0 aliphatic carbocycles. The molecule has 3 aromatic heterocycles. The molecule has 0 saturated heterocycles. The van der Waals surface area contributed by atoms with Crippen molar-refractivity contribution in [1.82, 2.24) is 23.8 Å². The Morgan fingerprint density at radius 1 is 1.00 bits per heavy atom. The largest absolute Gasteiger partial charge is 0.350 e. The van der Waals surface area contributed by atoms with Gasteiger partial charge < -0.3 is 5.32 Å². The quantitative estimate of drug-likeness (QED) is 0.501. The van der Waals surface area contributed by atoms with Crippen molar-refractivity contribution in [3.8, 4) is 11.3 Å². The molecule has 0 spiro atoms. The molecule has 0 atom stereocenters. The highest BCUT2D eigenvalue weighted by Crippen LogP contribution is 2.21. The van der Waals surface area contributed by atoms with E-state index >= 15 is 0 Å². The fourth-order valence-corrected chi connectivity index (χ4v) is 3.28. The minimum atomic E-state index is -0.555. The third-order valence-corrected chi connectivity index (χ3v) is 4.70. The first-order chi connectivity index (χ1) is 14.6. The molecule has 0 fully saturated rings. The molecule has 5 aromatic rings. The van der Waals surface area contributed by atoms with E-state index in [1.165, 1.54) is 22.6 Å². The molecular weight excluding hydrogens is 387 g/mol. The van der Waals surface area contributed by atoms with Crippen LogP contribution in [0.2, 0.25) is 0 Å². The lowest BCUT2D eigenvalue weighted by molar-refractivity contribution is -0.117. The number of rotatable bonds is 4. The van der Waals surface area contributed by atoms with Gasteiger partial charge in [-0.05, 0) is 18.2 Å². The van der Waals surface area contributed by atoms with Gasteiger partial charge in [0.05, 0.1) is 11.4 Å². The monoisotopic (exact) mass is 402 g/mol. The van der Waals surface area contributed by atoms with Crippen LogP contribution in [0.25, 0.3) is 22.4 Å². The summed E-state index contributed by atoms with van der Waals surface area (Å²) < 4.78 is 17.8. The van der Waals surface area contributed by atoms with Gasteiger partial charge in [0.15, 0.2) is 5.65 Å². The summed E-state index contributed by atoms with van der Waals surface area (Å²) in [7, 11) is 0. The summed E-state index contributed by atoms with van der Waals surface area (Å²) in [5.41, 5.74) is 2.25. The van der Waals surface area contributed by atoms with Crippen LogP contribution >= 0.6 is 0 Å². The molecule has 0 aliphatic rings. The fraction of sp³-hybridized carbons (Fsp3) is 0.0476. The predicted molar refractivity (Wildman–Crippen MR) is 109 cm³/mol. The first-order valence-corrected chi connectivity index (χ1v) is 9.17. The average Bonchev–Trinajstić information content (AvgIpc) is 3.32. The lowest BCUT2D eigenvalue weighted by atomic mass is 10.1. The van der Waals surface area contributed by atoms with Crippen LogP contribution in [-0.4, -0.2) is 29.7 Å². The molecule has 8 nitrogen and oxygen atoms in total. The van der Waals surface area contributed by atoms with E-state index in [0.29, 0.717) is 11.2 Å². The topological polar surface area (TPSA) is 85.7 Å². The number of benzene rings is 2. The molecular formula is C21H15FN6O2. The Morgan fingerprint density at radius 2 is 1.77 bits per heavy atom. The highest BCUT2D eigenvalue weighted by Gasteiger charge is 2.16. The Morgan fingerprint density at radius 3 is 2.57 bits per heavy atom. The Labute approximate surface area is 168 Å². The van der Waals surface area contributed by atoms with Gasteiger partial charge in [-0.2, -0.15) is 5.10 Å². The molecule has 0 aliphatic heterocycles. The van der Waals surface area contributed by atoms with Crippen molar-refractivity contribution in [2.45, 2.75) is 6.54 Å². The fourth-order valence-electron chi connectivity index (χ4n) is 3.28. The van der Waals surface area contributed by atoms with Crippen molar-refractivity contribution in [1.29, 1.82) is 0 Å². The number of aromatic nitrogens is 5. The number of nitrogens with one attached hydrogen (secondary N) is 1. The van der Waals surface area contributed by atoms with Gasteiger partial charge in [0.1, 0.15) is 17.9 Å². The van der Waals surface area contributed by atoms with Gasteiger partial charge in [0, 0.05) is 18.0 Å². The SMILES string of the molecule is O=C(Cn1nc2c3cc(-c4ccccc4)nn3ccn2c1=O)Nc1ccccc1F. The number of fused-ring (bicyclic) bond motifs is 3. The van der Waals surface area contributed by atoms with Crippen LogP contribution in [0.4, 0.5) is 10.1 Å². The van der Waals surface area contributed by atoms with Gasteiger partial charge in [-0.15, -0.1) is 5.10 Å². The zero-order valence-electron chi connectivity index (χ0n) is 15.6. The highest BCUT2D eigenvalue weighted by molar-refractivity contribution is 5.90. The second-order valence-corrected chi connectivity index (χ2v) is 6.69. The smallest absolute Gasteiger partial charge is 0.322 e. The lowest BCUT2D eigenvalue weighted by Gasteiger charge is -2.05. The summed E-state index contributed by atoms with van der Waals surface area (Å²) in [6.07, 6.45) is 3.20. The van der Waals surface area contributed by atoms with Gasteiger partial charge in [-0.1, -0.05) is 42.5 Å². The van der Waals surface area contributed by atoms with Crippen LogP contribution in [-0.2, 0) is 11.3 Å². The number of halogens is 1. The van der Waals surface area contributed by atoms with Gasteiger partial charge in [0.2, 0.25) is 5.91 Å². The maximum atomic E-state index is 13.7. The Balaban J connectivity index is 1.51. The van der Waals surface area contributed by atoms with Crippen LogP contribution in [0, 0.1) is 5.82 Å². The molecule has 3 heterocycles. The van der Waals surface area contributed by atoms with Crippen molar-refractivity contribution in [3.63, 3.8) is 0 Å². The van der Waals surface area contributed by atoms with E-state index in [4.69, 9.17) is 0 Å². The van der Waals surface area contributed by atoms with E-state index in [2.05, 4.69) is 15.5 Å². The number of carbonyl (C=O) groups is 1. The van der Waals surface area contributed by atoms with Crippen molar-refractivity contribution in [2.24, 2.45) is 0 Å². The molecule has 0 saturated carbocycles. The summed E-state index contributed by atoms with van der Waals surface area (Å²) >= 11 is 0. The number of hydrogen-bond donors (Lipinski definition) is 1. The minimum absolute atomic E-state index is 0.0463. The first-order valence-electron chi connectivity index (χ1n) is 9.17. The lowest BCUT2D eigenvalue weighted by Crippen LogP contribution is -2.28. The third-order valence-electron chi connectivity index (χ3n) is 4.70. The minimum Gasteiger partial charge on any atom is -0.322 e. The summed E-state index contributed by atoms with van der Waals surface area (Å²) in [4.78, 5) is 25.0. The van der Waals surface area contributed by atoms with Crippen molar-refractivity contribution >= 4 is 22.8 Å². The van der Waals surface area contributed by atoms with E-state index in [0.717, 1.165) is 15.9 Å². The van der Waals surface area contributed by atoms with E-state index in [9.17, 15) is 14.0 Å². The Bertz CT molecular complexity index is 1450. The molecule has 30 heavy (non-hydrogen) atoms. The summed E-state index contributed by atoms with van der Waals surface area (Å²) in [6, 6.07) is 17.3. The van der Waals surface area contributed by atoms with Crippen molar-refractivity contribution in [2.75, 3.05) is 5.32 Å². The number of hydrogen-bond acceptors (Lipinski definition) is 4. The van der Waals surface area contributed by atoms with E-state index < -0.39 is 17.4 Å². The molecule has 148 valence electrons. The number of para-hydroxylation sites is 1. The average molecular weight is 402 g/mol. The maximum absolute atomic E-state index is 13.7. The molecule has 9 heteroatoms. The molecule has 0 radical (unpaired) electrons. The van der Waals surface area contributed by atoms with Crippen LogP contribution in [0.15, 0.2) is 77.9 Å². The Hall–Kier alpha value is -4.27. The molecule has 1 amide bonds. The number of carbonyl (C=O) groups excluding carboxylic acids is 1. The standard InChI is InChI=1S/C21H15FN6O2/c22-15-8-4-5-9-16(15)23-19(29)13-28-21(30)26-10-11-27-18(20(26)25-28)12-17(24-27)14-6-2-1-3-7-14/h1-12H,13H2,(H,23,29). The molecule has 0 bridgehead atoms. The summed E-state index contributed by atoms with van der Waals surface area (Å²) in [5.74, 6) is -1.11. The maximum Gasteiger partial charge on any atom is 0.350 e. The van der Waals surface area contributed by atoms with Crippen LogP contribution in [0.5, 0.6) is 0 Å². The first kappa shape index (κ1) is 17.8. The number of anilines is 1. The highest BCUT2D eigenvalue weighted by atomic mass is 19.1. The van der Waals surface area contributed by atoms with Gasteiger partial charge in [0.25, 0.3) is 0 Å². The second-order valence-electron chi connectivity index (χ2n) is 6.69. The number of nitrogens with zero attached hydrogens (tertiary/aromatic N) is 5. The number of amides is 1. The van der Waals surface area contributed by atoms with E-state index in [-0.39, 0.29) is 12.2 Å². The summed E-state index contributed by atoms with van der Waals surface area (Å²) in [6.45, 7) is -0.347. The van der Waals surface area contributed by atoms with Gasteiger partial charge >= 0.3 is 5.69 Å². The molecule has 1 N–H and O–H groups in total. The van der Waals surface area contributed by atoms with Gasteiger partial charge in [-0.25, -0.2) is 22.8 Å². The van der Waals surface area contributed by atoms with Crippen molar-refractivity contribution < 1.29 is 9.18 Å². The molecule has 5 rings (SSSR count). The van der Waals surface area contributed by atoms with Crippen molar-refractivity contribution in [3.05, 3.63) is 89.4 Å². The van der Waals surface area contributed by atoms with Crippen LogP contribution in [0.1, 0.15) is 0 Å². The van der Waals surface area contributed by atoms with E-state index in [1.54, 1.807) is 23.0 Å². The van der Waals surface area contributed by atoms with Gasteiger partial charge in [-0.3, -0.25) is 4.79 Å². The van der Waals surface area contributed by atoms with E-state index in [1.807, 2.05) is 36.4 Å². The Kier molecular flexibility index (Phi) is 4.13. The zero-order chi connectivity index (χ0) is 20.7.